The lowest BCUT2D eigenvalue weighted by molar-refractivity contribution is -0.138. The predicted molar refractivity (Wildman–Crippen MR) is 83.2 cm³/mol. The summed E-state index contributed by atoms with van der Waals surface area (Å²) in [6.07, 6.45) is 1.30. The van der Waals surface area contributed by atoms with Gasteiger partial charge in [0.05, 0.1) is 0 Å². The molecule has 0 saturated carbocycles. The number of hydrogen-bond donors (Lipinski definition) is 2. The number of phenolic OH excluding ortho intramolecular Hbond substituents is 2. The standard InChI is InChI=1S/C16H13NO4S/c17-11-13(9-12-3-4-14(18)15(19)10-12)16(20)21-5-8-22-6-1-2-7-22/h1-4,6-7,9-10H,5,8H2,(H-,18,19,20)/p+1. The SMILES string of the molecule is N#CC(=Cc1ccc(O)c(O)c1)C(=O)OCC[s+]1cccc1. The van der Waals surface area contributed by atoms with Crippen LogP contribution in [0.5, 0.6) is 11.5 Å². The van der Waals surface area contributed by atoms with Crippen molar-refractivity contribution in [2.75, 3.05) is 6.61 Å². The lowest BCUT2D eigenvalue weighted by Crippen LogP contribution is -2.08. The lowest BCUT2D eigenvalue weighted by atomic mass is 10.1. The Bertz CT molecular complexity index is 729. The van der Waals surface area contributed by atoms with Crippen LogP contribution >= 0.6 is 10.5 Å². The summed E-state index contributed by atoms with van der Waals surface area (Å²) in [6.45, 7) is 0.233. The normalized spacial score (nSPS) is 11.0. The van der Waals surface area contributed by atoms with Gasteiger partial charge in [-0.15, -0.1) is 0 Å². The van der Waals surface area contributed by atoms with Crippen LogP contribution in [0.15, 0.2) is 46.7 Å². The molecular weight excluding hydrogens is 302 g/mol. The number of nitriles is 1. The maximum Gasteiger partial charge on any atom is 0.349 e. The number of hydrogen-bond acceptors (Lipinski definition) is 5. The van der Waals surface area contributed by atoms with Crippen LogP contribution in [0.1, 0.15) is 5.56 Å². The first-order valence-corrected chi connectivity index (χ1v) is 7.96. The average molecular weight is 316 g/mol. The highest BCUT2D eigenvalue weighted by Gasteiger charge is 2.12. The fourth-order valence-electron chi connectivity index (χ4n) is 1.72. The van der Waals surface area contributed by atoms with Crippen molar-refractivity contribution in [3.63, 3.8) is 0 Å². The second-order valence-corrected chi connectivity index (χ2v) is 6.28. The molecule has 112 valence electrons. The highest BCUT2D eigenvalue weighted by atomic mass is 32.2. The van der Waals surface area contributed by atoms with E-state index in [4.69, 9.17) is 10.00 Å². The number of ether oxygens (including phenoxy) is 1. The smallest absolute Gasteiger partial charge is 0.349 e. The summed E-state index contributed by atoms with van der Waals surface area (Å²) in [5.41, 5.74) is 0.262. The fraction of sp³-hybridized carbons (Fsp3) is 0.125. The van der Waals surface area contributed by atoms with Gasteiger partial charge in [-0.25, -0.2) is 4.79 Å². The van der Waals surface area contributed by atoms with Crippen molar-refractivity contribution in [3.05, 3.63) is 52.2 Å². The Balaban J connectivity index is 2.00. The second-order valence-electron chi connectivity index (χ2n) is 4.38. The molecule has 0 aliphatic heterocycles. The van der Waals surface area contributed by atoms with Crippen LogP contribution < -0.4 is 0 Å². The Hall–Kier alpha value is -2.78. The van der Waals surface area contributed by atoms with Crippen molar-refractivity contribution < 1.29 is 19.7 Å². The first-order valence-electron chi connectivity index (χ1n) is 6.44. The molecular formula is C16H14NO4S+. The average Bonchev–Trinajstić information content (AvgIpc) is 3.01. The largest absolute Gasteiger partial charge is 0.504 e. The topological polar surface area (TPSA) is 90.5 Å². The van der Waals surface area contributed by atoms with Crippen LogP contribution in [0.2, 0.25) is 0 Å². The Morgan fingerprint density at radius 2 is 2.00 bits per heavy atom. The van der Waals surface area contributed by atoms with Crippen molar-refractivity contribution >= 4 is 22.5 Å². The molecule has 2 rings (SSSR count). The number of nitrogens with zero attached hydrogens (tertiary/aromatic N) is 1. The van der Waals surface area contributed by atoms with E-state index in [0.717, 1.165) is 0 Å². The van der Waals surface area contributed by atoms with E-state index in [1.54, 1.807) is 6.07 Å². The molecule has 2 aromatic rings. The summed E-state index contributed by atoms with van der Waals surface area (Å²) in [7, 11) is -0.00411. The Labute approximate surface area is 130 Å². The minimum Gasteiger partial charge on any atom is -0.504 e. The highest BCUT2D eigenvalue weighted by molar-refractivity contribution is 7.27. The molecule has 0 atom stereocenters. The number of rotatable bonds is 5. The molecule has 0 aliphatic carbocycles. The molecule has 6 heteroatoms. The molecule has 0 saturated heterocycles. The summed E-state index contributed by atoms with van der Waals surface area (Å²) >= 11 is 0. The van der Waals surface area contributed by atoms with Gasteiger partial charge < -0.3 is 14.9 Å². The summed E-state index contributed by atoms with van der Waals surface area (Å²) in [5, 5.41) is 31.7. The summed E-state index contributed by atoms with van der Waals surface area (Å²) in [6, 6.07) is 9.69. The Morgan fingerprint density at radius 1 is 1.27 bits per heavy atom. The molecule has 0 bridgehead atoms. The van der Waals surface area contributed by atoms with Gasteiger partial charge in [-0.1, -0.05) is 6.07 Å². The number of aromatic hydroxyl groups is 2. The first-order chi connectivity index (χ1) is 10.6. The highest BCUT2D eigenvalue weighted by Crippen LogP contribution is 2.26. The first kappa shape index (κ1) is 15.6. The van der Waals surface area contributed by atoms with Gasteiger partial charge in [0.1, 0.15) is 29.0 Å². The van der Waals surface area contributed by atoms with E-state index >= 15 is 0 Å². The third-order valence-electron chi connectivity index (χ3n) is 2.82. The van der Waals surface area contributed by atoms with Gasteiger partial charge >= 0.3 is 5.97 Å². The molecule has 1 aromatic heterocycles. The van der Waals surface area contributed by atoms with E-state index in [1.165, 1.54) is 24.3 Å². The molecule has 0 aliphatic rings. The second kappa shape index (κ2) is 7.29. The maximum atomic E-state index is 11.8. The van der Waals surface area contributed by atoms with Gasteiger partial charge in [-0.2, -0.15) is 5.26 Å². The van der Waals surface area contributed by atoms with Crippen LogP contribution in [-0.4, -0.2) is 22.8 Å². The molecule has 0 spiro atoms. The van der Waals surface area contributed by atoms with Crippen molar-refractivity contribution in [1.29, 1.82) is 5.26 Å². The van der Waals surface area contributed by atoms with Gasteiger partial charge in [0.15, 0.2) is 17.3 Å². The fourth-order valence-corrected chi connectivity index (χ4v) is 2.94. The molecule has 2 N–H and O–H groups in total. The van der Waals surface area contributed by atoms with E-state index in [0.29, 0.717) is 11.3 Å². The number of benzene rings is 1. The summed E-state index contributed by atoms with van der Waals surface area (Å²) < 4.78 is 5.08. The number of esters is 1. The molecule has 0 amide bonds. The number of carbonyl (C=O) groups is 1. The van der Waals surface area contributed by atoms with Crippen molar-refractivity contribution in [2.45, 2.75) is 5.75 Å². The number of phenols is 2. The van der Waals surface area contributed by atoms with Crippen molar-refractivity contribution in [3.8, 4) is 17.6 Å². The number of carbonyl (C=O) groups excluding carboxylic acids is 1. The maximum absolute atomic E-state index is 11.8. The number of thiophene rings is 1. The van der Waals surface area contributed by atoms with Crippen LogP contribution in [0.3, 0.4) is 0 Å². The van der Waals surface area contributed by atoms with Gasteiger partial charge in [-0.3, -0.25) is 0 Å². The minimum absolute atomic E-state index is 0.00411. The minimum atomic E-state index is -0.703. The lowest BCUT2D eigenvalue weighted by Gasteiger charge is -2.02. The Kier molecular flexibility index (Phi) is 5.17. The van der Waals surface area contributed by atoms with E-state index in [9.17, 15) is 15.0 Å². The van der Waals surface area contributed by atoms with Gasteiger partial charge in [-0.05, 0) is 46.4 Å². The van der Waals surface area contributed by atoms with E-state index in [-0.39, 0.29) is 34.1 Å². The van der Waals surface area contributed by atoms with Gasteiger partial charge in [0.25, 0.3) is 0 Å². The van der Waals surface area contributed by atoms with Crippen LogP contribution in [-0.2, 0) is 15.3 Å². The predicted octanol–water partition coefficient (Wildman–Crippen LogP) is 3.00. The van der Waals surface area contributed by atoms with Crippen LogP contribution in [0, 0.1) is 11.3 Å². The van der Waals surface area contributed by atoms with E-state index < -0.39 is 5.97 Å². The van der Waals surface area contributed by atoms with E-state index in [2.05, 4.69) is 0 Å². The quantitative estimate of drug-likeness (QED) is 0.291. The summed E-state index contributed by atoms with van der Waals surface area (Å²) in [5.74, 6) is -0.597. The third kappa shape index (κ3) is 4.11. The molecule has 0 unspecified atom stereocenters. The Morgan fingerprint density at radius 3 is 2.64 bits per heavy atom. The molecule has 22 heavy (non-hydrogen) atoms. The molecule has 0 fully saturated rings. The summed E-state index contributed by atoms with van der Waals surface area (Å²) in [4.78, 5) is 11.8. The monoisotopic (exact) mass is 316 g/mol. The van der Waals surface area contributed by atoms with Crippen molar-refractivity contribution in [2.24, 2.45) is 0 Å². The molecule has 5 nitrogen and oxygen atoms in total. The molecule has 0 radical (unpaired) electrons. The van der Waals surface area contributed by atoms with Crippen LogP contribution in [0.4, 0.5) is 0 Å². The van der Waals surface area contributed by atoms with Crippen LogP contribution in [0.25, 0.3) is 6.08 Å². The zero-order valence-electron chi connectivity index (χ0n) is 11.6. The zero-order valence-corrected chi connectivity index (χ0v) is 12.4. The zero-order chi connectivity index (χ0) is 15.9. The van der Waals surface area contributed by atoms with E-state index in [1.807, 2.05) is 22.9 Å². The van der Waals surface area contributed by atoms with Crippen molar-refractivity contribution in [1.82, 2.24) is 0 Å². The van der Waals surface area contributed by atoms with Gasteiger partial charge in [0, 0.05) is 0 Å². The molecule has 1 aromatic carbocycles. The third-order valence-corrected chi connectivity index (χ3v) is 4.47. The van der Waals surface area contributed by atoms with Gasteiger partial charge in [0.2, 0.25) is 0 Å². The molecule has 1 heterocycles.